The maximum absolute atomic E-state index is 12.6. The van der Waals surface area contributed by atoms with Gasteiger partial charge in [0.15, 0.2) is 10.8 Å². The van der Waals surface area contributed by atoms with Crippen LogP contribution in [0.4, 0.5) is 10.8 Å². The Labute approximate surface area is 175 Å². The molecule has 1 amide bonds. The predicted octanol–water partition coefficient (Wildman–Crippen LogP) is 2.35. The fourth-order valence-electron chi connectivity index (χ4n) is 2.99. The molecule has 1 fully saturated rings. The minimum atomic E-state index is -0.753. The molecule has 0 spiro atoms. The molecule has 0 radical (unpaired) electrons. The lowest BCUT2D eigenvalue weighted by molar-refractivity contribution is 0.0914. The number of hydrogen-bond donors (Lipinski definition) is 2. The summed E-state index contributed by atoms with van der Waals surface area (Å²) in [5.74, 6) is -0.776. The summed E-state index contributed by atoms with van der Waals surface area (Å²) >= 11 is 1.22. The molecule has 4 rings (SSSR count). The molecule has 11 heteroatoms. The standard InChI is InChI=1S/C19H21N5O5S/c1-24-8-4-5-12(24)16-22-23-18(30-16)21-15(25)13-9-11(14(27-2)17(26)29-13)20-10-19(28-3)6-7-19/h4-5,8-9,20H,6-7,10H2,1-3H3,(H,21,23,25). The Hall–Kier alpha value is -3.18. The first-order chi connectivity index (χ1) is 14.4. The monoisotopic (exact) mass is 431 g/mol. The van der Waals surface area contributed by atoms with Gasteiger partial charge in [-0.2, -0.15) is 0 Å². The van der Waals surface area contributed by atoms with Gasteiger partial charge in [-0.1, -0.05) is 11.3 Å². The number of hydrogen-bond acceptors (Lipinski definition) is 9. The van der Waals surface area contributed by atoms with Crippen LogP contribution in [0.15, 0.2) is 33.6 Å². The summed E-state index contributed by atoms with van der Waals surface area (Å²) in [6, 6.07) is 5.23. The molecule has 0 bridgehead atoms. The van der Waals surface area contributed by atoms with Crippen LogP contribution in [0.5, 0.6) is 5.75 Å². The number of carbonyl (C=O) groups is 1. The second kappa shape index (κ2) is 7.92. The lowest BCUT2D eigenvalue weighted by Gasteiger charge is -2.16. The smallest absolute Gasteiger partial charge is 0.381 e. The largest absolute Gasteiger partial charge is 0.488 e. The Kier molecular flexibility index (Phi) is 5.31. The maximum Gasteiger partial charge on any atom is 0.381 e. The van der Waals surface area contributed by atoms with E-state index >= 15 is 0 Å². The zero-order chi connectivity index (χ0) is 21.3. The van der Waals surface area contributed by atoms with Gasteiger partial charge < -0.3 is 23.8 Å². The molecule has 0 atom stereocenters. The van der Waals surface area contributed by atoms with Gasteiger partial charge in [0, 0.05) is 33.0 Å². The molecule has 158 valence electrons. The molecule has 30 heavy (non-hydrogen) atoms. The van der Waals surface area contributed by atoms with E-state index in [9.17, 15) is 9.59 Å². The number of nitrogens with one attached hydrogen (secondary N) is 2. The summed E-state index contributed by atoms with van der Waals surface area (Å²) < 4.78 is 17.6. The first-order valence-corrected chi connectivity index (χ1v) is 10.0. The Morgan fingerprint density at radius 3 is 2.80 bits per heavy atom. The van der Waals surface area contributed by atoms with E-state index in [1.54, 1.807) is 7.11 Å². The molecule has 1 aliphatic rings. The van der Waals surface area contributed by atoms with E-state index in [2.05, 4.69) is 20.8 Å². The predicted molar refractivity (Wildman–Crippen MR) is 111 cm³/mol. The van der Waals surface area contributed by atoms with Gasteiger partial charge in [0.1, 0.15) is 0 Å². The maximum atomic E-state index is 12.6. The number of ether oxygens (including phenoxy) is 2. The lowest BCUT2D eigenvalue weighted by Crippen LogP contribution is -2.25. The van der Waals surface area contributed by atoms with Crippen molar-refractivity contribution in [1.29, 1.82) is 0 Å². The number of anilines is 2. The SMILES string of the molecule is COc1c(NCC2(OC)CC2)cc(C(=O)Nc2nnc(-c3cccn3C)s2)oc1=O. The van der Waals surface area contributed by atoms with Crippen LogP contribution in [-0.4, -0.2) is 47.0 Å². The first-order valence-electron chi connectivity index (χ1n) is 9.22. The van der Waals surface area contributed by atoms with E-state index in [0.29, 0.717) is 22.4 Å². The molecular weight excluding hydrogens is 410 g/mol. The molecular formula is C19H21N5O5S. The highest BCUT2D eigenvalue weighted by atomic mass is 32.1. The zero-order valence-corrected chi connectivity index (χ0v) is 17.5. The van der Waals surface area contributed by atoms with Crippen LogP contribution in [0.2, 0.25) is 0 Å². The first kappa shape index (κ1) is 20.1. The Balaban J connectivity index is 1.53. The Morgan fingerprint density at radius 1 is 1.37 bits per heavy atom. The third-order valence-electron chi connectivity index (χ3n) is 4.99. The van der Waals surface area contributed by atoms with Gasteiger partial charge in [-0.15, -0.1) is 10.2 Å². The Morgan fingerprint density at radius 2 is 2.17 bits per heavy atom. The van der Waals surface area contributed by atoms with E-state index in [1.807, 2.05) is 29.9 Å². The van der Waals surface area contributed by atoms with Crippen molar-refractivity contribution in [2.45, 2.75) is 18.4 Å². The summed E-state index contributed by atoms with van der Waals surface area (Å²) in [6.07, 6.45) is 3.74. The number of methoxy groups -OCH3 is 2. The summed E-state index contributed by atoms with van der Waals surface area (Å²) in [6.45, 7) is 0.487. The second-order valence-electron chi connectivity index (χ2n) is 6.96. The van der Waals surface area contributed by atoms with Crippen molar-refractivity contribution in [2.75, 3.05) is 31.4 Å². The van der Waals surface area contributed by atoms with Crippen molar-refractivity contribution < 1.29 is 18.7 Å². The van der Waals surface area contributed by atoms with Gasteiger partial charge in [0.05, 0.1) is 24.1 Å². The summed E-state index contributed by atoms with van der Waals surface area (Å²) in [5, 5.41) is 14.8. The molecule has 2 N–H and O–H groups in total. The molecule has 1 saturated carbocycles. The van der Waals surface area contributed by atoms with Gasteiger partial charge >= 0.3 is 5.63 Å². The van der Waals surface area contributed by atoms with E-state index in [4.69, 9.17) is 13.9 Å². The van der Waals surface area contributed by atoms with Crippen molar-refractivity contribution in [2.24, 2.45) is 7.05 Å². The lowest BCUT2D eigenvalue weighted by atomic mass is 10.2. The van der Waals surface area contributed by atoms with Gasteiger partial charge in [-0.25, -0.2) is 4.79 Å². The number of nitrogens with zero attached hydrogens (tertiary/aromatic N) is 3. The van der Waals surface area contributed by atoms with E-state index in [0.717, 1.165) is 18.5 Å². The average molecular weight is 431 g/mol. The number of amides is 1. The molecule has 0 aliphatic heterocycles. The topological polar surface area (TPSA) is 121 Å². The van der Waals surface area contributed by atoms with E-state index in [1.165, 1.54) is 24.5 Å². The highest BCUT2D eigenvalue weighted by molar-refractivity contribution is 7.18. The normalized spacial score (nSPS) is 14.4. The molecule has 0 saturated heterocycles. The Bertz CT molecular complexity index is 1130. The summed E-state index contributed by atoms with van der Waals surface area (Å²) in [4.78, 5) is 24.9. The number of aryl methyl sites for hydroxylation is 1. The summed E-state index contributed by atoms with van der Waals surface area (Å²) in [7, 11) is 4.91. The van der Waals surface area contributed by atoms with Crippen LogP contribution in [0.1, 0.15) is 23.4 Å². The highest BCUT2D eigenvalue weighted by Gasteiger charge is 2.43. The number of carbonyl (C=O) groups excluding carboxylic acids is 1. The fraction of sp³-hybridized carbons (Fsp3) is 0.368. The van der Waals surface area contributed by atoms with Gasteiger partial charge in [0.25, 0.3) is 5.91 Å². The number of aromatic nitrogens is 3. The van der Waals surface area contributed by atoms with Crippen LogP contribution in [0.25, 0.3) is 10.7 Å². The molecule has 3 aromatic heterocycles. The van der Waals surface area contributed by atoms with Crippen molar-refractivity contribution in [3.63, 3.8) is 0 Å². The van der Waals surface area contributed by atoms with E-state index in [-0.39, 0.29) is 17.1 Å². The van der Waals surface area contributed by atoms with Crippen molar-refractivity contribution in [3.8, 4) is 16.5 Å². The minimum Gasteiger partial charge on any atom is -0.488 e. The second-order valence-corrected chi connectivity index (χ2v) is 7.93. The number of rotatable bonds is 8. The fourth-order valence-corrected chi connectivity index (χ4v) is 3.79. The molecule has 0 aromatic carbocycles. The van der Waals surface area contributed by atoms with Crippen LogP contribution in [0.3, 0.4) is 0 Å². The molecule has 3 heterocycles. The van der Waals surface area contributed by atoms with Crippen LogP contribution < -0.4 is 21.0 Å². The van der Waals surface area contributed by atoms with Gasteiger partial charge in [-0.3, -0.25) is 10.1 Å². The van der Waals surface area contributed by atoms with Crippen LogP contribution >= 0.6 is 11.3 Å². The third-order valence-corrected chi connectivity index (χ3v) is 5.85. The summed E-state index contributed by atoms with van der Waals surface area (Å²) in [5.41, 5.74) is 0.242. The molecule has 10 nitrogen and oxygen atoms in total. The van der Waals surface area contributed by atoms with Crippen LogP contribution in [0, 0.1) is 0 Å². The van der Waals surface area contributed by atoms with E-state index < -0.39 is 11.5 Å². The van der Waals surface area contributed by atoms with Gasteiger partial charge in [-0.05, 0) is 25.0 Å². The van der Waals surface area contributed by atoms with Crippen LogP contribution in [-0.2, 0) is 11.8 Å². The highest BCUT2D eigenvalue weighted by Crippen LogP contribution is 2.39. The quantitative estimate of drug-likeness (QED) is 0.558. The molecule has 3 aromatic rings. The molecule has 0 unspecified atom stereocenters. The third kappa shape index (κ3) is 3.94. The average Bonchev–Trinajstić information content (AvgIpc) is 3.16. The van der Waals surface area contributed by atoms with Crippen molar-refractivity contribution in [1.82, 2.24) is 14.8 Å². The zero-order valence-electron chi connectivity index (χ0n) is 16.7. The van der Waals surface area contributed by atoms with Crippen molar-refractivity contribution in [3.05, 3.63) is 40.6 Å². The van der Waals surface area contributed by atoms with Crippen molar-refractivity contribution >= 4 is 28.1 Å². The van der Waals surface area contributed by atoms with Gasteiger partial charge in [0.2, 0.25) is 10.9 Å². The molecule has 1 aliphatic carbocycles. The minimum absolute atomic E-state index is 0.000336.